The lowest BCUT2D eigenvalue weighted by Gasteiger charge is -2.20. The number of nitrogens with one attached hydrogen (secondary N) is 1. The zero-order valence-electron chi connectivity index (χ0n) is 16.7. The smallest absolute Gasteiger partial charge is 0.331 e. The van der Waals surface area contributed by atoms with E-state index in [1.807, 2.05) is 13.8 Å². The van der Waals surface area contributed by atoms with Gasteiger partial charge in [-0.15, -0.1) is 0 Å². The average molecular weight is 438 g/mol. The maximum Gasteiger partial charge on any atom is 0.331 e. The van der Waals surface area contributed by atoms with E-state index in [0.29, 0.717) is 23.1 Å². The van der Waals surface area contributed by atoms with Crippen molar-refractivity contribution in [2.24, 2.45) is 0 Å². The maximum atomic E-state index is 11.8. The lowest BCUT2D eigenvalue weighted by molar-refractivity contribution is -0.144. The highest BCUT2D eigenvalue weighted by atomic mass is 35.5. The Bertz CT molecular complexity index is 850. The van der Waals surface area contributed by atoms with E-state index >= 15 is 0 Å². The molecule has 2 N–H and O–H groups in total. The van der Waals surface area contributed by atoms with Crippen molar-refractivity contribution in [3.63, 3.8) is 0 Å². The van der Waals surface area contributed by atoms with Crippen molar-refractivity contribution >= 4 is 23.5 Å². The topological polar surface area (TPSA) is 112 Å². The van der Waals surface area contributed by atoms with Crippen LogP contribution in [0.25, 0.3) is 0 Å². The number of aliphatic carboxylic acids is 1. The number of ether oxygens (including phenoxy) is 3. The van der Waals surface area contributed by atoms with Gasteiger partial charge in [0.2, 0.25) is 0 Å². The van der Waals surface area contributed by atoms with Gasteiger partial charge in [-0.1, -0.05) is 25.4 Å². The fourth-order valence-corrected chi connectivity index (χ4v) is 2.37. The molecule has 0 amide bonds. The Morgan fingerprint density at radius 3 is 2.43 bits per heavy atom. The Hall–Kier alpha value is -3.04. The lowest BCUT2D eigenvalue weighted by Crippen LogP contribution is -2.38. The summed E-state index contributed by atoms with van der Waals surface area (Å²) in [5, 5.41) is 16.3. The Morgan fingerprint density at radius 1 is 1.20 bits per heavy atom. The summed E-state index contributed by atoms with van der Waals surface area (Å²) in [4.78, 5) is 22.3. The van der Waals surface area contributed by atoms with Crippen LogP contribution in [0, 0.1) is 0 Å². The van der Waals surface area contributed by atoms with Crippen molar-refractivity contribution < 1.29 is 28.9 Å². The molecule has 9 nitrogen and oxygen atoms in total. The Labute approximate surface area is 179 Å². The molecule has 0 aliphatic rings. The molecular formula is C20H24ClN3O6. The molecule has 0 aliphatic carbocycles. The predicted molar refractivity (Wildman–Crippen MR) is 110 cm³/mol. The van der Waals surface area contributed by atoms with Crippen molar-refractivity contribution in [2.75, 3.05) is 13.2 Å². The number of aromatic nitrogens is 2. The van der Waals surface area contributed by atoms with Crippen LogP contribution < -0.4 is 14.8 Å². The molecule has 30 heavy (non-hydrogen) atoms. The summed E-state index contributed by atoms with van der Waals surface area (Å²) in [5.41, 5.74) is 0. The molecule has 0 saturated carbocycles. The number of rotatable bonds is 12. The molecular weight excluding hydrogens is 414 g/mol. The zero-order chi connectivity index (χ0) is 21.9. The number of nitrogens with zero attached hydrogens (tertiary/aromatic N) is 2. The molecule has 0 spiro atoms. The van der Waals surface area contributed by atoms with Crippen molar-refractivity contribution in [2.45, 2.75) is 32.7 Å². The predicted octanol–water partition coefficient (Wildman–Crippen LogP) is 2.50. The lowest BCUT2D eigenvalue weighted by atomic mass is 10.3. The fraction of sp³-hybridized carbons (Fsp3) is 0.350. The number of carboxylic acid groups (broad SMARTS) is 1. The average Bonchev–Trinajstić information content (AvgIpc) is 3.12. The summed E-state index contributed by atoms with van der Waals surface area (Å²) < 4.78 is 18.1. The monoisotopic (exact) mass is 437 g/mol. The first-order valence-corrected chi connectivity index (χ1v) is 9.58. The molecule has 2 rings (SSSR count). The molecule has 2 aromatic rings. The molecule has 10 heteroatoms. The van der Waals surface area contributed by atoms with Crippen LogP contribution in [0.5, 0.6) is 11.5 Å². The molecule has 0 fully saturated rings. The summed E-state index contributed by atoms with van der Waals surface area (Å²) in [6.07, 6.45) is 4.17. The second-order valence-electron chi connectivity index (χ2n) is 6.55. The van der Waals surface area contributed by atoms with Crippen LogP contribution in [-0.4, -0.2) is 52.1 Å². The van der Waals surface area contributed by atoms with Gasteiger partial charge in [0.1, 0.15) is 24.2 Å². The van der Waals surface area contributed by atoms with Crippen LogP contribution in [0.3, 0.4) is 0 Å². The van der Waals surface area contributed by atoms with Gasteiger partial charge in [-0.05, 0) is 24.3 Å². The molecule has 1 atom stereocenters. The van der Waals surface area contributed by atoms with Crippen LogP contribution in [0.2, 0.25) is 5.02 Å². The highest BCUT2D eigenvalue weighted by Gasteiger charge is 2.15. The Kier molecular flexibility index (Phi) is 9.17. The van der Waals surface area contributed by atoms with Crippen LogP contribution >= 0.6 is 11.6 Å². The van der Waals surface area contributed by atoms with Gasteiger partial charge in [0.25, 0.3) is 0 Å². The molecule has 162 valence electrons. The first-order chi connectivity index (χ1) is 14.3. The SMILES string of the molecule is CC(C)NCC(COc1ccc(OCn2cc(Cl)cn2)cc1)OC(=O)/C=C/C(=O)O. The minimum atomic E-state index is -1.22. The van der Waals surface area contributed by atoms with Gasteiger partial charge in [-0.3, -0.25) is 0 Å². The normalized spacial score (nSPS) is 12.1. The van der Waals surface area contributed by atoms with Crippen LogP contribution in [0.15, 0.2) is 48.8 Å². The largest absolute Gasteiger partial charge is 0.490 e. The van der Waals surface area contributed by atoms with Gasteiger partial charge in [-0.25, -0.2) is 14.3 Å². The first-order valence-electron chi connectivity index (χ1n) is 9.20. The number of halogens is 1. The van der Waals surface area contributed by atoms with E-state index in [9.17, 15) is 9.59 Å². The minimum absolute atomic E-state index is 0.0956. The molecule has 0 aliphatic heterocycles. The standard InChI is InChI=1S/C20H24ClN3O6/c1-14(2)22-10-18(30-20(27)8-7-19(25)26)12-28-16-3-5-17(6-4-16)29-13-24-11-15(21)9-23-24/h3-9,11,14,18,22H,10,12-13H2,1-2H3,(H,25,26)/b8-7+. The van der Waals surface area contributed by atoms with Crippen molar-refractivity contribution in [3.8, 4) is 11.5 Å². The van der Waals surface area contributed by atoms with E-state index in [1.54, 1.807) is 35.1 Å². The Balaban J connectivity index is 1.86. The van der Waals surface area contributed by atoms with Gasteiger partial charge >= 0.3 is 11.9 Å². The Morgan fingerprint density at radius 2 is 1.87 bits per heavy atom. The van der Waals surface area contributed by atoms with Crippen LogP contribution in [0.4, 0.5) is 0 Å². The second-order valence-corrected chi connectivity index (χ2v) is 6.98. The fourth-order valence-electron chi connectivity index (χ4n) is 2.22. The number of esters is 1. The van der Waals surface area contributed by atoms with E-state index in [1.165, 1.54) is 6.20 Å². The summed E-state index contributed by atoms with van der Waals surface area (Å²) in [6.45, 7) is 4.59. The number of carbonyl (C=O) groups excluding carboxylic acids is 1. The quantitative estimate of drug-likeness (QED) is 0.385. The van der Waals surface area contributed by atoms with E-state index in [2.05, 4.69) is 10.4 Å². The van der Waals surface area contributed by atoms with Gasteiger partial charge in [0.05, 0.1) is 11.2 Å². The number of carboxylic acids is 1. The van der Waals surface area contributed by atoms with Crippen molar-refractivity contribution in [1.29, 1.82) is 0 Å². The van der Waals surface area contributed by atoms with E-state index in [-0.39, 0.29) is 19.4 Å². The first kappa shape index (κ1) is 23.2. The summed E-state index contributed by atoms with van der Waals surface area (Å²) >= 11 is 5.80. The van der Waals surface area contributed by atoms with Gasteiger partial charge in [0, 0.05) is 30.9 Å². The van der Waals surface area contributed by atoms with E-state index in [4.69, 9.17) is 30.9 Å². The summed E-state index contributed by atoms with van der Waals surface area (Å²) in [5.74, 6) is -0.787. The maximum absolute atomic E-state index is 11.8. The number of hydrogen-bond acceptors (Lipinski definition) is 7. The van der Waals surface area contributed by atoms with Crippen molar-refractivity contribution in [1.82, 2.24) is 15.1 Å². The van der Waals surface area contributed by atoms with E-state index in [0.717, 1.165) is 12.2 Å². The molecule has 1 unspecified atom stereocenters. The highest BCUT2D eigenvalue weighted by molar-refractivity contribution is 6.30. The van der Waals surface area contributed by atoms with Gasteiger partial charge in [0.15, 0.2) is 6.73 Å². The van der Waals surface area contributed by atoms with E-state index < -0.39 is 18.0 Å². The highest BCUT2D eigenvalue weighted by Crippen LogP contribution is 2.18. The third kappa shape index (κ3) is 8.97. The van der Waals surface area contributed by atoms with Crippen LogP contribution in [-0.2, 0) is 21.1 Å². The second kappa shape index (κ2) is 11.8. The van der Waals surface area contributed by atoms with Gasteiger partial charge < -0.3 is 24.6 Å². The summed E-state index contributed by atoms with van der Waals surface area (Å²) in [6, 6.07) is 7.11. The number of carbonyl (C=O) groups is 2. The molecule has 1 heterocycles. The molecule has 1 aromatic heterocycles. The molecule has 0 radical (unpaired) electrons. The van der Waals surface area contributed by atoms with Crippen molar-refractivity contribution in [3.05, 3.63) is 53.8 Å². The molecule has 0 bridgehead atoms. The number of hydrogen-bond donors (Lipinski definition) is 2. The van der Waals surface area contributed by atoms with Crippen LogP contribution in [0.1, 0.15) is 13.8 Å². The number of benzene rings is 1. The van der Waals surface area contributed by atoms with Gasteiger partial charge in [-0.2, -0.15) is 5.10 Å². The molecule has 0 saturated heterocycles. The minimum Gasteiger partial charge on any atom is -0.490 e. The molecule has 1 aromatic carbocycles. The zero-order valence-corrected chi connectivity index (χ0v) is 17.4. The third-order valence-electron chi connectivity index (χ3n) is 3.62. The third-order valence-corrected chi connectivity index (χ3v) is 3.82. The summed E-state index contributed by atoms with van der Waals surface area (Å²) in [7, 11) is 0.